The van der Waals surface area contributed by atoms with E-state index in [4.69, 9.17) is 25.8 Å². The number of halogens is 1. The third kappa shape index (κ3) is 12.4. The van der Waals surface area contributed by atoms with E-state index >= 15 is 0 Å². The molecule has 0 saturated carbocycles. The Balaban J connectivity index is 2.10. The zero-order valence-electron chi connectivity index (χ0n) is 18.1. The number of rotatable bonds is 14. The fourth-order valence-electron chi connectivity index (χ4n) is 2.78. The molecule has 0 heterocycles. The number of carbonyl (C=O) groups is 2. The topological polar surface area (TPSA) is 61.8 Å². The second kappa shape index (κ2) is 16.6. The Morgan fingerprint density at radius 1 is 0.900 bits per heavy atom. The molecule has 0 amide bonds. The van der Waals surface area contributed by atoms with Crippen LogP contribution in [0.4, 0.5) is 0 Å². The lowest BCUT2D eigenvalue weighted by molar-refractivity contribution is -0.145. The maximum Gasteiger partial charge on any atom is 0.311 e. The van der Waals surface area contributed by atoms with Crippen LogP contribution in [0.5, 0.6) is 11.5 Å². The van der Waals surface area contributed by atoms with Crippen molar-refractivity contribution in [2.75, 3.05) is 13.7 Å². The Kier molecular flexibility index (Phi) is 14.3. The van der Waals surface area contributed by atoms with Crippen LogP contribution in [0.1, 0.15) is 77.6 Å². The molecule has 5 nitrogen and oxygen atoms in total. The van der Waals surface area contributed by atoms with Gasteiger partial charge < -0.3 is 14.2 Å². The van der Waals surface area contributed by atoms with Gasteiger partial charge in [0.2, 0.25) is 0 Å². The molecule has 0 aromatic heterocycles. The van der Waals surface area contributed by atoms with Gasteiger partial charge in [-0.05, 0) is 18.6 Å². The molecule has 0 spiro atoms. The molecule has 0 aliphatic heterocycles. The van der Waals surface area contributed by atoms with E-state index < -0.39 is 11.9 Å². The number of hydrogen-bond acceptors (Lipinski definition) is 5. The smallest absolute Gasteiger partial charge is 0.311 e. The lowest BCUT2D eigenvalue weighted by Crippen LogP contribution is -2.13. The van der Waals surface area contributed by atoms with Crippen molar-refractivity contribution in [2.45, 2.75) is 77.6 Å². The Morgan fingerprint density at radius 2 is 1.57 bits per heavy atom. The average molecular weight is 437 g/mol. The van der Waals surface area contributed by atoms with E-state index in [0.29, 0.717) is 10.8 Å². The predicted octanol–water partition coefficient (Wildman–Crippen LogP) is 6.11. The van der Waals surface area contributed by atoms with Crippen molar-refractivity contribution in [3.05, 3.63) is 23.2 Å². The molecule has 0 N–H and O–H groups in total. The highest BCUT2D eigenvalue weighted by molar-refractivity contribution is 6.30. The zero-order valence-corrected chi connectivity index (χ0v) is 18.9. The van der Waals surface area contributed by atoms with Crippen LogP contribution in [0.3, 0.4) is 0 Å². The van der Waals surface area contributed by atoms with E-state index in [1.165, 1.54) is 52.1 Å². The fourth-order valence-corrected chi connectivity index (χ4v) is 2.94. The summed E-state index contributed by atoms with van der Waals surface area (Å²) in [5.41, 5.74) is 0. The molecule has 166 valence electrons. The lowest BCUT2D eigenvalue weighted by Gasteiger charge is -2.09. The lowest BCUT2D eigenvalue weighted by atomic mass is 10.1. The molecule has 0 saturated heterocycles. The Labute approximate surface area is 185 Å². The van der Waals surface area contributed by atoms with Crippen LogP contribution in [0, 0.1) is 11.8 Å². The van der Waals surface area contributed by atoms with Crippen LogP contribution < -0.4 is 9.47 Å². The van der Waals surface area contributed by atoms with E-state index in [1.54, 1.807) is 18.2 Å². The summed E-state index contributed by atoms with van der Waals surface area (Å²) in [5, 5.41) is 0.471. The molecule has 0 radical (unpaired) electrons. The number of methoxy groups -OCH3 is 1. The van der Waals surface area contributed by atoms with Gasteiger partial charge in [0.1, 0.15) is 0 Å². The number of benzene rings is 1. The highest BCUT2D eigenvalue weighted by atomic mass is 35.5. The molecule has 0 fully saturated rings. The van der Waals surface area contributed by atoms with Crippen molar-refractivity contribution in [1.82, 2.24) is 0 Å². The van der Waals surface area contributed by atoms with Crippen molar-refractivity contribution >= 4 is 23.5 Å². The molecule has 6 heteroatoms. The van der Waals surface area contributed by atoms with Gasteiger partial charge in [-0.3, -0.25) is 9.59 Å². The third-order valence-corrected chi connectivity index (χ3v) is 4.70. The molecular weight excluding hydrogens is 404 g/mol. The third-order valence-electron chi connectivity index (χ3n) is 4.47. The van der Waals surface area contributed by atoms with Gasteiger partial charge in [0, 0.05) is 17.5 Å². The van der Waals surface area contributed by atoms with Crippen LogP contribution in [0.2, 0.25) is 5.02 Å². The van der Waals surface area contributed by atoms with Gasteiger partial charge in [0.15, 0.2) is 18.1 Å². The first-order valence-corrected chi connectivity index (χ1v) is 11.1. The van der Waals surface area contributed by atoms with E-state index in [2.05, 4.69) is 18.8 Å². The number of ether oxygens (including phenoxy) is 3. The van der Waals surface area contributed by atoms with Crippen molar-refractivity contribution in [3.63, 3.8) is 0 Å². The van der Waals surface area contributed by atoms with Crippen LogP contribution >= 0.6 is 11.6 Å². The Hall–Kier alpha value is -2.19. The molecule has 1 rings (SSSR count). The maximum atomic E-state index is 11.9. The van der Waals surface area contributed by atoms with Gasteiger partial charge in [0.05, 0.1) is 20.0 Å². The maximum absolute atomic E-state index is 11.9. The van der Waals surface area contributed by atoms with Crippen LogP contribution in [-0.2, 0) is 14.3 Å². The number of carbonyl (C=O) groups excluding carboxylic acids is 2. The quantitative estimate of drug-likeness (QED) is 0.152. The molecule has 0 atom stereocenters. The molecule has 0 aliphatic carbocycles. The summed E-state index contributed by atoms with van der Waals surface area (Å²) in [4.78, 5) is 23.6. The monoisotopic (exact) mass is 436 g/mol. The van der Waals surface area contributed by atoms with Crippen LogP contribution in [0.15, 0.2) is 18.2 Å². The second-order valence-electron chi connectivity index (χ2n) is 7.01. The van der Waals surface area contributed by atoms with Gasteiger partial charge >= 0.3 is 11.9 Å². The molecule has 1 aromatic rings. The first-order valence-electron chi connectivity index (χ1n) is 10.7. The summed E-state index contributed by atoms with van der Waals surface area (Å²) in [6, 6.07) is 4.68. The molecule has 0 bridgehead atoms. The largest absolute Gasteiger partial charge is 0.493 e. The molecule has 1 aromatic carbocycles. The summed E-state index contributed by atoms with van der Waals surface area (Å²) >= 11 is 5.87. The number of hydrogen-bond donors (Lipinski definition) is 0. The predicted molar refractivity (Wildman–Crippen MR) is 119 cm³/mol. The van der Waals surface area contributed by atoms with E-state index in [9.17, 15) is 9.59 Å². The van der Waals surface area contributed by atoms with E-state index in [0.717, 1.165) is 12.8 Å². The second-order valence-corrected chi connectivity index (χ2v) is 7.44. The molecule has 0 unspecified atom stereocenters. The summed E-state index contributed by atoms with van der Waals surface area (Å²) in [5.74, 6) is 5.45. The van der Waals surface area contributed by atoms with E-state index in [-0.39, 0.29) is 25.2 Å². The highest BCUT2D eigenvalue weighted by Crippen LogP contribution is 2.30. The van der Waals surface area contributed by atoms with Gasteiger partial charge in [0.25, 0.3) is 0 Å². The fraction of sp³-hybridized carbons (Fsp3) is 0.583. The van der Waals surface area contributed by atoms with Crippen molar-refractivity contribution < 1.29 is 23.8 Å². The van der Waals surface area contributed by atoms with Crippen molar-refractivity contribution in [2.24, 2.45) is 0 Å². The SMILES string of the molecule is CCCCCCCCCCC#CCOC(=O)CCC(=O)Oc1ccc(Cl)cc1OC. The first-order chi connectivity index (χ1) is 14.6. The first kappa shape index (κ1) is 25.8. The van der Waals surface area contributed by atoms with Gasteiger partial charge in [-0.1, -0.05) is 75.3 Å². The summed E-state index contributed by atoms with van der Waals surface area (Å²) < 4.78 is 15.3. The minimum Gasteiger partial charge on any atom is -0.493 e. The minimum absolute atomic E-state index is 0.0515. The molecule has 30 heavy (non-hydrogen) atoms. The summed E-state index contributed by atoms with van der Waals surface area (Å²) in [6.07, 6.45) is 10.8. The van der Waals surface area contributed by atoms with E-state index in [1.807, 2.05) is 0 Å². The van der Waals surface area contributed by atoms with Crippen molar-refractivity contribution in [3.8, 4) is 23.3 Å². The standard InChI is InChI=1S/C24H33ClO5/c1-3-4-5-6-7-8-9-10-11-12-13-18-29-23(26)16-17-24(27)30-21-15-14-20(25)19-22(21)28-2/h14-15,19H,3-11,16-18H2,1-2H3. The molecule has 0 aliphatic rings. The van der Waals surface area contributed by atoms with Gasteiger partial charge in [-0.25, -0.2) is 0 Å². The van der Waals surface area contributed by atoms with Crippen LogP contribution in [-0.4, -0.2) is 25.7 Å². The Bertz CT molecular complexity index is 705. The molecular formula is C24H33ClO5. The number of esters is 2. The minimum atomic E-state index is -0.548. The summed E-state index contributed by atoms with van der Waals surface area (Å²) in [6.45, 7) is 2.28. The normalized spacial score (nSPS) is 10.1. The van der Waals surface area contributed by atoms with Crippen molar-refractivity contribution in [1.29, 1.82) is 0 Å². The van der Waals surface area contributed by atoms with Gasteiger partial charge in [-0.15, -0.1) is 0 Å². The Morgan fingerprint density at radius 3 is 2.27 bits per heavy atom. The average Bonchev–Trinajstić information content (AvgIpc) is 2.74. The number of unbranched alkanes of at least 4 members (excludes halogenated alkanes) is 8. The van der Waals surface area contributed by atoms with Crippen LogP contribution in [0.25, 0.3) is 0 Å². The highest BCUT2D eigenvalue weighted by Gasteiger charge is 2.13. The summed E-state index contributed by atoms with van der Waals surface area (Å²) in [7, 11) is 1.45. The zero-order chi connectivity index (χ0) is 22.0. The van der Waals surface area contributed by atoms with Gasteiger partial charge in [-0.2, -0.15) is 0 Å².